The highest BCUT2D eigenvalue weighted by molar-refractivity contribution is 5.86. The third kappa shape index (κ3) is 12.2. The summed E-state index contributed by atoms with van der Waals surface area (Å²) in [4.78, 5) is 11.0. The van der Waals surface area contributed by atoms with Crippen LogP contribution in [0.15, 0.2) is 12.7 Å². The molecule has 20 heavy (non-hydrogen) atoms. The Morgan fingerprint density at radius 1 is 1.00 bits per heavy atom. The molecule has 0 aromatic heterocycles. The fourth-order valence-electron chi connectivity index (χ4n) is 2.40. The Labute approximate surface area is 126 Å². The van der Waals surface area contributed by atoms with Crippen LogP contribution < -0.4 is 5.32 Å². The van der Waals surface area contributed by atoms with Crippen molar-refractivity contribution in [3.8, 4) is 0 Å². The number of amides is 1. The van der Waals surface area contributed by atoms with Crippen LogP contribution in [0.5, 0.6) is 0 Å². The average Bonchev–Trinajstić information content (AvgIpc) is 2.42. The summed E-state index contributed by atoms with van der Waals surface area (Å²) in [6.07, 6.45) is 11.9. The zero-order valence-corrected chi connectivity index (χ0v) is 13.9. The summed E-state index contributed by atoms with van der Waals surface area (Å²) in [5, 5.41) is 2.83. The minimum atomic E-state index is -0.0672. The number of hydrogen-bond acceptors (Lipinski definition) is 1. The second-order valence-electron chi connectivity index (χ2n) is 6.35. The molecule has 0 aromatic carbocycles. The molecule has 0 aliphatic rings. The van der Waals surface area contributed by atoms with Crippen LogP contribution in [0.2, 0.25) is 0 Å². The lowest BCUT2D eigenvalue weighted by molar-refractivity contribution is -0.890. The van der Waals surface area contributed by atoms with Crippen molar-refractivity contribution in [1.29, 1.82) is 0 Å². The smallest absolute Gasteiger partial charge is 0.243 e. The first-order valence-corrected chi connectivity index (χ1v) is 8.24. The molecule has 3 nitrogen and oxygen atoms in total. The van der Waals surface area contributed by atoms with Gasteiger partial charge in [-0.3, -0.25) is 4.79 Å². The van der Waals surface area contributed by atoms with Crippen molar-refractivity contribution in [3.63, 3.8) is 0 Å². The highest BCUT2D eigenvalue weighted by atomic mass is 16.1. The van der Waals surface area contributed by atoms with E-state index < -0.39 is 0 Å². The minimum Gasteiger partial charge on any atom is -0.352 e. The molecule has 3 heteroatoms. The third-order valence-corrected chi connectivity index (χ3v) is 3.79. The molecule has 0 saturated carbocycles. The monoisotopic (exact) mass is 283 g/mol. The van der Waals surface area contributed by atoms with Gasteiger partial charge < -0.3 is 9.80 Å². The van der Waals surface area contributed by atoms with E-state index in [0.29, 0.717) is 0 Å². The molecule has 0 rings (SSSR count). The summed E-state index contributed by atoms with van der Waals surface area (Å²) >= 11 is 0. The Hall–Kier alpha value is -0.830. The molecule has 0 atom stereocenters. The molecule has 118 valence electrons. The molecule has 0 saturated heterocycles. The number of hydrogen-bond donors (Lipinski definition) is 1. The third-order valence-electron chi connectivity index (χ3n) is 3.79. The van der Waals surface area contributed by atoms with Crippen LogP contribution in [-0.4, -0.2) is 44.1 Å². The van der Waals surface area contributed by atoms with Gasteiger partial charge in [0.2, 0.25) is 5.91 Å². The predicted molar refractivity (Wildman–Crippen MR) is 87.7 cm³/mol. The molecular weight excluding hydrogens is 248 g/mol. The summed E-state index contributed by atoms with van der Waals surface area (Å²) in [6, 6.07) is 0. The molecular formula is C17H35N2O+. The largest absolute Gasteiger partial charge is 0.352 e. The van der Waals surface area contributed by atoms with Gasteiger partial charge in [-0.2, -0.15) is 0 Å². The zero-order valence-electron chi connectivity index (χ0n) is 13.9. The molecule has 0 heterocycles. The number of carbonyl (C=O) groups excluding carboxylic acids is 1. The summed E-state index contributed by atoms with van der Waals surface area (Å²) in [5.41, 5.74) is 0. The summed E-state index contributed by atoms with van der Waals surface area (Å²) in [5.74, 6) is -0.0672. The van der Waals surface area contributed by atoms with E-state index in [4.69, 9.17) is 0 Å². The Morgan fingerprint density at radius 2 is 1.55 bits per heavy atom. The first-order valence-electron chi connectivity index (χ1n) is 8.24. The first-order chi connectivity index (χ1) is 9.52. The van der Waals surface area contributed by atoms with Crippen molar-refractivity contribution >= 4 is 5.91 Å². The number of unbranched alkanes of at least 4 members (excludes halogenated alkanes) is 6. The van der Waals surface area contributed by atoms with Crippen LogP contribution in [0.4, 0.5) is 0 Å². The van der Waals surface area contributed by atoms with E-state index in [2.05, 4.69) is 32.9 Å². The lowest BCUT2D eigenvalue weighted by atomic mass is 10.1. The van der Waals surface area contributed by atoms with Gasteiger partial charge in [-0.15, -0.1) is 0 Å². The fourth-order valence-corrected chi connectivity index (χ4v) is 2.40. The van der Waals surface area contributed by atoms with Crippen molar-refractivity contribution in [3.05, 3.63) is 12.7 Å². The molecule has 0 bridgehead atoms. The maximum absolute atomic E-state index is 11.0. The number of rotatable bonds is 13. The van der Waals surface area contributed by atoms with Crippen LogP contribution in [-0.2, 0) is 4.79 Å². The molecule has 1 N–H and O–H groups in total. The molecule has 0 unspecified atom stereocenters. The maximum atomic E-state index is 11.0. The molecule has 0 aliphatic carbocycles. The van der Waals surface area contributed by atoms with Crippen LogP contribution in [0.3, 0.4) is 0 Å². The molecule has 0 aliphatic heterocycles. The Morgan fingerprint density at radius 3 is 2.15 bits per heavy atom. The van der Waals surface area contributed by atoms with E-state index in [1.165, 1.54) is 57.6 Å². The van der Waals surface area contributed by atoms with Gasteiger partial charge in [0.1, 0.15) is 0 Å². The van der Waals surface area contributed by atoms with E-state index in [1.54, 1.807) is 0 Å². The highest BCUT2D eigenvalue weighted by Gasteiger charge is 2.13. The zero-order chi connectivity index (χ0) is 15.3. The van der Waals surface area contributed by atoms with Crippen molar-refractivity contribution in [1.82, 2.24) is 5.32 Å². The molecule has 0 radical (unpaired) electrons. The lowest BCUT2D eigenvalue weighted by Crippen LogP contribution is -2.42. The lowest BCUT2D eigenvalue weighted by Gasteiger charge is -2.30. The minimum absolute atomic E-state index is 0.0672. The summed E-state index contributed by atoms with van der Waals surface area (Å²) in [7, 11) is 4.57. The normalized spacial score (nSPS) is 11.3. The number of nitrogens with zero attached hydrogens (tertiary/aromatic N) is 1. The van der Waals surface area contributed by atoms with Gasteiger partial charge in [-0.1, -0.05) is 45.6 Å². The van der Waals surface area contributed by atoms with Crippen molar-refractivity contribution in [2.75, 3.05) is 33.7 Å². The van der Waals surface area contributed by atoms with Crippen LogP contribution >= 0.6 is 0 Å². The van der Waals surface area contributed by atoms with Crippen LogP contribution in [0.25, 0.3) is 0 Å². The van der Waals surface area contributed by atoms with E-state index in [9.17, 15) is 4.79 Å². The van der Waals surface area contributed by atoms with Gasteiger partial charge in [-0.25, -0.2) is 0 Å². The second kappa shape index (κ2) is 12.0. The van der Waals surface area contributed by atoms with Crippen molar-refractivity contribution in [2.24, 2.45) is 0 Å². The Bertz CT molecular complexity index is 262. The summed E-state index contributed by atoms with van der Waals surface area (Å²) in [6.45, 7) is 8.82. The van der Waals surface area contributed by atoms with Gasteiger partial charge in [0.15, 0.2) is 0 Å². The van der Waals surface area contributed by atoms with Crippen molar-refractivity contribution < 1.29 is 9.28 Å². The SMILES string of the molecule is C=CC(=O)NCCC[N+](C)(C)CCCCCCCCC. The van der Waals surface area contributed by atoms with Crippen molar-refractivity contribution in [2.45, 2.75) is 58.3 Å². The van der Waals surface area contributed by atoms with Gasteiger partial charge in [-0.05, 0) is 18.9 Å². The van der Waals surface area contributed by atoms with Crippen LogP contribution in [0.1, 0.15) is 58.3 Å². The van der Waals surface area contributed by atoms with Gasteiger partial charge in [0.05, 0.1) is 27.2 Å². The Kier molecular flexibility index (Phi) is 11.5. The van der Waals surface area contributed by atoms with E-state index in [1.807, 2.05) is 0 Å². The average molecular weight is 283 g/mol. The van der Waals surface area contributed by atoms with Gasteiger partial charge in [0.25, 0.3) is 0 Å². The highest BCUT2D eigenvalue weighted by Crippen LogP contribution is 2.09. The quantitative estimate of drug-likeness (QED) is 0.313. The number of quaternary nitrogens is 1. The molecule has 0 aromatic rings. The van der Waals surface area contributed by atoms with E-state index >= 15 is 0 Å². The molecule has 0 fully saturated rings. The fraction of sp³-hybridized carbons (Fsp3) is 0.824. The Balaban J connectivity index is 3.49. The summed E-state index contributed by atoms with van der Waals surface area (Å²) < 4.78 is 1.05. The number of carbonyl (C=O) groups is 1. The first kappa shape index (κ1) is 19.2. The predicted octanol–water partition coefficient (Wildman–Crippen LogP) is 3.51. The molecule has 0 spiro atoms. The van der Waals surface area contributed by atoms with E-state index in [-0.39, 0.29) is 5.91 Å². The standard InChI is InChI=1S/C17H34N2O/c1-5-7-8-9-10-11-12-15-19(3,4)16-13-14-18-17(20)6-2/h6H,2,5,7-16H2,1,3-4H3/p+1. The number of nitrogens with one attached hydrogen (secondary N) is 1. The van der Waals surface area contributed by atoms with E-state index in [0.717, 1.165) is 24.0 Å². The van der Waals surface area contributed by atoms with Crippen LogP contribution in [0, 0.1) is 0 Å². The topological polar surface area (TPSA) is 29.1 Å². The second-order valence-corrected chi connectivity index (χ2v) is 6.35. The van der Waals surface area contributed by atoms with Gasteiger partial charge in [0, 0.05) is 13.0 Å². The van der Waals surface area contributed by atoms with Gasteiger partial charge >= 0.3 is 0 Å². The molecule has 1 amide bonds. The maximum Gasteiger partial charge on any atom is 0.243 e.